The molecule has 1 amide bonds. The summed E-state index contributed by atoms with van der Waals surface area (Å²) in [5, 5.41) is 1.02. The molecule has 1 aromatic rings. The van der Waals surface area contributed by atoms with Crippen molar-refractivity contribution in [2.75, 3.05) is 34.4 Å². The maximum Gasteiger partial charge on any atom is 0.434 e. The quantitative estimate of drug-likeness (QED) is 0.338. The van der Waals surface area contributed by atoms with E-state index in [4.69, 9.17) is 32.9 Å². The maximum absolute atomic E-state index is 13.6. The first-order chi connectivity index (χ1) is 15.6. The van der Waals surface area contributed by atoms with E-state index in [1.54, 1.807) is 26.8 Å². The third-order valence-corrected chi connectivity index (χ3v) is 6.38. The smallest absolute Gasteiger partial charge is 0.434 e. The lowest BCUT2D eigenvalue weighted by atomic mass is 9.66. The van der Waals surface area contributed by atoms with Gasteiger partial charge in [-0.1, -0.05) is 0 Å². The highest BCUT2D eigenvalue weighted by atomic mass is 79.9. The van der Waals surface area contributed by atoms with Gasteiger partial charge in [0, 0.05) is 33.5 Å². The third kappa shape index (κ3) is 5.44. The molecule has 0 spiro atoms. The minimum atomic E-state index is -1.34. The van der Waals surface area contributed by atoms with Gasteiger partial charge in [0.15, 0.2) is 12.6 Å². The van der Waals surface area contributed by atoms with Crippen LogP contribution in [0.2, 0.25) is 0 Å². The fourth-order valence-electron chi connectivity index (χ4n) is 4.39. The largest absolute Gasteiger partial charge is 0.465 e. The van der Waals surface area contributed by atoms with Crippen molar-refractivity contribution in [3.63, 3.8) is 0 Å². The van der Waals surface area contributed by atoms with Crippen molar-refractivity contribution in [1.82, 2.24) is 5.06 Å². The molecule has 186 valence electrons. The monoisotopic (exact) mass is 533 g/mol. The van der Waals surface area contributed by atoms with E-state index in [1.807, 2.05) is 0 Å². The Morgan fingerprint density at radius 2 is 2.00 bits per heavy atom. The molecule has 11 heteroatoms. The molecule has 1 unspecified atom stereocenters. The summed E-state index contributed by atoms with van der Waals surface area (Å²) in [5.74, 6) is -0.894. The Labute approximate surface area is 201 Å². The van der Waals surface area contributed by atoms with Gasteiger partial charge in [-0.05, 0) is 49.2 Å². The fourth-order valence-corrected chi connectivity index (χ4v) is 4.85. The second kappa shape index (κ2) is 10.4. The van der Waals surface area contributed by atoms with Gasteiger partial charge < -0.3 is 28.1 Å². The fraction of sp³-hybridized carbons (Fsp3) is 0.727. The van der Waals surface area contributed by atoms with Crippen LogP contribution < -0.4 is 0 Å². The van der Waals surface area contributed by atoms with Crippen LogP contribution in [-0.4, -0.2) is 62.7 Å². The van der Waals surface area contributed by atoms with Gasteiger partial charge in [0.1, 0.15) is 35.5 Å². The standard InChI is InChI=1S/C22H32BrNO9/c1-20(2,3)33-19(26)24(31-14-28-5)12-21-11-16(18-15(23)8-10-29-18)32-22(21,30-13-27-4)9-6-7-17(21)25/h8,10,16H,6-7,9,11-14H2,1-5H3/t16?,21-,22-/m1/s1. The number of ketones is 1. The van der Waals surface area contributed by atoms with E-state index in [-0.39, 0.29) is 32.3 Å². The molecule has 33 heavy (non-hydrogen) atoms. The van der Waals surface area contributed by atoms with Crippen molar-refractivity contribution in [2.45, 2.75) is 63.9 Å². The summed E-state index contributed by atoms with van der Waals surface area (Å²) in [5.41, 5.74) is -2.01. The molecule has 0 radical (unpaired) electrons. The molecule has 0 N–H and O–H groups in total. The Hall–Kier alpha value is -1.50. The van der Waals surface area contributed by atoms with E-state index in [1.165, 1.54) is 20.5 Å². The van der Waals surface area contributed by atoms with Crippen molar-refractivity contribution in [3.8, 4) is 0 Å². The highest BCUT2D eigenvalue weighted by molar-refractivity contribution is 9.10. The van der Waals surface area contributed by atoms with E-state index in [0.29, 0.717) is 25.0 Å². The van der Waals surface area contributed by atoms with Gasteiger partial charge in [0.25, 0.3) is 0 Å². The molecule has 0 aromatic carbocycles. The minimum Gasteiger partial charge on any atom is -0.465 e. The van der Waals surface area contributed by atoms with Gasteiger partial charge in [-0.25, -0.2) is 9.63 Å². The van der Waals surface area contributed by atoms with Crippen LogP contribution in [0.4, 0.5) is 4.79 Å². The number of amides is 1. The Morgan fingerprint density at radius 3 is 2.61 bits per heavy atom. The second-order valence-corrected chi connectivity index (χ2v) is 10.0. The predicted molar refractivity (Wildman–Crippen MR) is 118 cm³/mol. The molecule has 2 heterocycles. The van der Waals surface area contributed by atoms with Crippen LogP contribution in [0.3, 0.4) is 0 Å². The number of hydroxylamine groups is 2. The summed E-state index contributed by atoms with van der Waals surface area (Å²) < 4.78 is 34.5. The van der Waals surface area contributed by atoms with E-state index < -0.39 is 29.0 Å². The zero-order valence-electron chi connectivity index (χ0n) is 19.7. The maximum atomic E-state index is 13.6. The summed E-state index contributed by atoms with van der Waals surface area (Å²) >= 11 is 3.47. The number of nitrogens with zero attached hydrogens (tertiary/aromatic N) is 1. The lowest BCUT2D eigenvalue weighted by molar-refractivity contribution is -0.312. The van der Waals surface area contributed by atoms with E-state index >= 15 is 0 Å². The van der Waals surface area contributed by atoms with Gasteiger partial charge in [0.05, 0.1) is 17.3 Å². The number of ether oxygens (including phenoxy) is 5. The van der Waals surface area contributed by atoms with Crippen LogP contribution >= 0.6 is 15.9 Å². The normalized spacial score (nSPS) is 27.5. The zero-order chi connectivity index (χ0) is 24.3. The molecule has 3 atom stereocenters. The number of methoxy groups -OCH3 is 2. The number of fused-ring (bicyclic) bond motifs is 1. The van der Waals surface area contributed by atoms with Gasteiger partial charge in [-0.15, -0.1) is 0 Å². The predicted octanol–water partition coefficient (Wildman–Crippen LogP) is 4.33. The first-order valence-electron chi connectivity index (χ1n) is 10.8. The molecule has 1 aromatic heterocycles. The van der Waals surface area contributed by atoms with Crippen molar-refractivity contribution in [2.24, 2.45) is 5.41 Å². The molecule has 1 aliphatic heterocycles. The van der Waals surface area contributed by atoms with Crippen molar-refractivity contribution in [3.05, 3.63) is 22.6 Å². The van der Waals surface area contributed by atoms with Crippen LogP contribution in [0.25, 0.3) is 0 Å². The number of rotatable bonds is 9. The molecule has 1 aliphatic carbocycles. The minimum absolute atomic E-state index is 0.0908. The SMILES string of the molecule is COCON(C[C@@]12CC(c3occc3Br)O[C@]1(OCOC)CCCC2=O)C(=O)OC(C)(C)C. The molecule has 1 saturated heterocycles. The van der Waals surface area contributed by atoms with Crippen molar-refractivity contribution >= 4 is 27.8 Å². The Morgan fingerprint density at radius 1 is 1.27 bits per heavy atom. The number of carbonyl (C=O) groups is 2. The first kappa shape index (κ1) is 26.1. The summed E-state index contributed by atoms with van der Waals surface area (Å²) in [7, 11) is 2.93. The topological polar surface area (TPSA) is 106 Å². The van der Waals surface area contributed by atoms with Crippen LogP contribution in [-0.2, 0) is 33.3 Å². The number of Topliss-reactive ketones (excluding diaryl/α,β-unsaturated/α-hetero) is 1. The zero-order valence-corrected chi connectivity index (χ0v) is 21.3. The van der Waals surface area contributed by atoms with E-state index in [0.717, 1.165) is 9.54 Å². The Kier molecular flexibility index (Phi) is 8.24. The van der Waals surface area contributed by atoms with Gasteiger partial charge >= 0.3 is 6.09 Å². The van der Waals surface area contributed by atoms with Crippen LogP contribution in [0.5, 0.6) is 0 Å². The van der Waals surface area contributed by atoms with E-state index in [9.17, 15) is 9.59 Å². The molecule has 3 rings (SSSR count). The molecule has 10 nitrogen and oxygen atoms in total. The average molecular weight is 534 g/mol. The average Bonchev–Trinajstić information content (AvgIpc) is 3.30. The molecular weight excluding hydrogens is 502 g/mol. The third-order valence-electron chi connectivity index (χ3n) is 5.72. The Balaban J connectivity index is 2.01. The Bertz CT molecular complexity index is 838. The van der Waals surface area contributed by atoms with Gasteiger partial charge in [-0.2, -0.15) is 5.06 Å². The number of halogens is 1. The number of carbonyl (C=O) groups excluding carboxylic acids is 2. The number of hydrogen-bond acceptors (Lipinski definition) is 9. The number of hydrogen-bond donors (Lipinski definition) is 0. The summed E-state index contributed by atoms with van der Waals surface area (Å²) in [6, 6.07) is 1.76. The van der Waals surface area contributed by atoms with Crippen LogP contribution in [0, 0.1) is 5.41 Å². The second-order valence-electron chi connectivity index (χ2n) is 9.16. The summed E-state index contributed by atoms with van der Waals surface area (Å²) in [6.07, 6.45) is 1.76. The van der Waals surface area contributed by atoms with Gasteiger partial charge in [-0.3, -0.25) is 4.79 Å². The van der Waals surface area contributed by atoms with Gasteiger partial charge in [0.2, 0.25) is 0 Å². The van der Waals surface area contributed by atoms with Crippen LogP contribution in [0.1, 0.15) is 58.3 Å². The lowest BCUT2D eigenvalue weighted by Gasteiger charge is -2.47. The van der Waals surface area contributed by atoms with Crippen molar-refractivity contribution in [1.29, 1.82) is 0 Å². The highest BCUT2D eigenvalue weighted by Gasteiger charge is 2.68. The first-order valence-corrected chi connectivity index (χ1v) is 11.6. The number of furan rings is 1. The van der Waals surface area contributed by atoms with Crippen molar-refractivity contribution < 1.29 is 42.5 Å². The summed E-state index contributed by atoms with van der Waals surface area (Å²) in [4.78, 5) is 32.1. The summed E-state index contributed by atoms with van der Waals surface area (Å²) in [6.45, 7) is 4.80. The molecule has 2 aliphatic rings. The van der Waals surface area contributed by atoms with E-state index in [2.05, 4.69) is 15.9 Å². The highest BCUT2D eigenvalue weighted by Crippen LogP contribution is 2.59. The molecule has 1 saturated carbocycles. The molecule has 0 bridgehead atoms. The van der Waals surface area contributed by atoms with Crippen LogP contribution in [0.15, 0.2) is 21.2 Å². The lowest BCUT2D eigenvalue weighted by Crippen LogP contribution is -2.60. The molecule has 2 fully saturated rings. The molecular formula is C22H32BrNO9.